The number of thiocarbonyl (C=S) groups is 1. The lowest BCUT2D eigenvalue weighted by atomic mass is 10.2. The Morgan fingerprint density at radius 3 is 2.44 bits per heavy atom. The van der Waals surface area contributed by atoms with Gasteiger partial charge in [-0.15, -0.1) is 0 Å². The smallest absolute Gasteiger partial charge is 0.323 e. The topological polar surface area (TPSA) is 110 Å². The number of anilines is 2. The van der Waals surface area contributed by atoms with E-state index in [1.54, 1.807) is 36.4 Å². The quantitative estimate of drug-likeness (QED) is 0.496. The third-order valence-corrected chi connectivity index (χ3v) is 6.02. The van der Waals surface area contributed by atoms with Crippen LogP contribution in [0.1, 0.15) is 5.56 Å². The molecule has 1 aromatic heterocycles. The Labute approximate surface area is 161 Å². The number of imidazole rings is 1. The standard InChI is InChI=1S/C17H19N5O3S2/c1-10-4-6-12(27(24,25)22(2)3)9-14(10)21-17(26)18-11-5-7-13-15(8-11)20-16(23)19-13/h4-9H,1-3H3,(H2,18,21,26)(H2,19,20,23). The van der Waals surface area contributed by atoms with E-state index in [2.05, 4.69) is 20.6 Å². The minimum absolute atomic E-state index is 0.176. The molecule has 0 amide bonds. The Hall–Kier alpha value is -2.69. The zero-order valence-electron chi connectivity index (χ0n) is 15.0. The van der Waals surface area contributed by atoms with E-state index < -0.39 is 10.0 Å². The lowest BCUT2D eigenvalue weighted by Crippen LogP contribution is -2.23. The van der Waals surface area contributed by atoms with Crippen LogP contribution in [0.15, 0.2) is 46.1 Å². The highest BCUT2D eigenvalue weighted by Crippen LogP contribution is 2.22. The van der Waals surface area contributed by atoms with Gasteiger partial charge >= 0.3 is 5.69 Å². The average molecular weight is 406 g/mol. The Balaban J connectivity index is 1.81. The van der Waals surface area contributed by atoms with Crippen molar-refractivity contribution in [3.63, 3.8) is 0 Å². The molecule has 0 fully saturated rings. The molecular formula is C17H19N5O3S2. The van der Waals surface area contributed by atoms with Crippen LogP contribution >= 0.6 is 12.2 Å². The number of sulfonamides is 1. The number of aromatic amines is 2. The van der Waals surface area contributed by atoms with Gasteiger partial charge in [0.15, 0.2) is 5.11 Å². The largest absolute Gasteiger partial charge is 0.332 e. The molecule has 0 saturated carbocycles. The summed E-state index contributed by atoms with van der Waals surface area (Å²) in [5, 5.41) is 6.35. The second-order valence-electron chi connectivity index (χ2n) is 6.18. The molecular weight excluding hydrogens is 386 g/mol. The van der Waals surface area contributed by atoms with Gasteiger partial charge in [-0.3, -0.25) is 0 Å². The molecule has 10 heteroatoms. The Kier molecular flexibility index (Phi) is 5.05. The highest BCUT2D eigenvalue weighted by atomic mass is 32.2. The van der Waals surface area contributed by atoms with E-state index in [9.17, 15) is 13.2 Å². The summed E-state index contributed by atoms with van der Waals surface area (Å²) >= 11 is 5.33. The van der Waals surface area contributed by atoms with E-state index in [1.807, 2.05) is 6.92 Å². The Morgan fingerprint density at radius 1 is 1.04 bits per heavy atom. The maximum absolute atomic E-state index is 12.3. The van der Waals surface area contributed by atoms with Crippen LogP contribution in [-0.4, -0.2) is 41.9 Å². The predicted molar refractivity (Wildman–Crippen MR) is 111 cm³/mol. The van der Waals surface area contributed by atoms with E-state index in [4.69, 9.17) is 12.2 Å². The number of aromatic nitrogens is 2. The molecule has 0 aliphatic heterocycles. The highest BCUT2D eigenvalue weighted by Gasteiger charge is 2.18. The van der Waals surface area contributed by atoms with Gasteiger partial charge in [0.05, 0.1) is 15.9 Å². The molecule has 3 rings (SSSR count). The maximum atomic E-state index is 12.3. The third kappa shape index (κ3) is 4.02. The van der Waals surface area contributed by atoms with Gasteiger partial charge in [0.1, 0.15) is 0 Å². The van der Waals surface area contributed by atoms with E-state index >= 15 is 0 Å². The average Bonchev–Trinajstić information content (AvgIpc) is 2.95. The Bertz CT molecular complexity index is 1180. The number of nitrogens with zero attached hydrogens (tertiary/aromatic N) is 1. The molecule has 27 heavy (non-hydrogen) atoms. The molecule has 0 atom stereocenters. The van der Waals surface area contributed by atoms with Crippen molar-refractivity contribution in [3.05, 3.63) is 52.4 Å². The summed E-state index contributed by atoms with van der Waals surface area (Å²) in [6.45, 7) is 1.85. The number of benzene rings is 2. The summed E-state index contributed by atoms with van der Waals surface area (Å²) in [6, 6.07) is 10.1. The van der Waals surface area contributed by atoms with Crippen LogP contribution in [0, 0.1) is 6.92 Å². The lowest BCUT2D eigenvalue weighted by Gasteiger charge is -2.16. The molecule has 2 aromatic carbocycles. The minimum atomic E-state index is -3.54. The first-order valence-electron chi connectivity index (χ1n) is 8.00. The molecule has 0 bridgehead atoms. The van der Waals surface area contributed by atoms with Gasteiger partial charge in [0.2, 0.25) is 10.0 Å². The van der Waals surface area contributed by atoms with Crippen molar-refractivity contribution in [2.75, 3.05) is 24.7 Å². The number of hydrogen-bond acceptors (Lipinski definition) is 4. The van der Waals surface area contributed by atoms with E-state index in [0.717, 1.165) is 9.87 Å². The maximum Gasteiger partial charge on any atom is 0.323 e. The van der Waals surface area contributed by atoms with Crippen LogP contribution in [0.3, 0.4) is 0 Å². The number of hydrogen-bond donors (Lipinski definition) is 4. The summed E-state index contributed by atoms with van der Waals surface area (Å²) in [5.41, 5.74) is 3.20. The fourth-order valence-corrected chi connectivity index (χ4v) is 3.66. The number of nitrogens with one attached hydrogen (secondary N) is 4. The normalized spacial score (nSPS) is 11.7. The van der Waals surface area contributed by atoms with E-state index in [0.29, 0.717) is 27.5 Å². The van der Waals surface area contributed by atoms with Gasteiger partial charge < -0.3 is 20.6 Å². The van der Waals surface area contributed by atoms with Crippen molar-refractivity contribution in [3.8, 4) is 0 Å². The van der Waals surface area contributed by atoms with Crippen LogP contribution in [0.2, 0.25) is 0 Å². The van der Waals surface area contributed by atoms with Gasteiger partial charge in [-0.25, -0.2) is 17.5 Å². The summed E-state index contributed by atoms with van der Waals surface area (Å²) in [4.78, 5) is 16.9. The summed E-state index contributed by atoms with van der Waals surface area (Å²) in [6.07, 6.45) is 0. The van der Waals surface area contributed by atoms with Crippen molar-refractivity contribution in [1.82, 2.24) is 14.3 Å². The van der Waals surface area contributed by atoms with Crippen molar-refractivity contribution in [1.29, 1.82) is 0 Å². The highest BCUT2D eigenvalue weighted by molar-refractivity contribution is 7.89. The van der Waals surface area contributed by atoms with Gasteiger partial charge in [0.25, 0.3) is 0 Å². The molecule has 3 aromatic rings. The summed E-state index contributed by atoms with van der Waals surface area (Å²) < 4.78 is 25.8. The monoisotopic (exact) mass is 405 g/mol. The van der Waals surface area contributed by atoms with E-state index in [-0.39, 0.29) is 10.6 Å². The van der Waals surface area contributed by atoms with Gasteiger partial charge in [-0.2, -0.15) is 0 Å². The molecule has 4 N–H and O–H groups in total. The van der Waals surface area contributed by atoms with Crippen molar-refractivity contribution in [2.24, 2.45) is 0 Å². The van der Waals surface area contributed by atoms with E-state index in [1.165, 1.54) is 14.1 Å². The molecule has 0 radical (unpaired) electrons. The number of rotatable bonds is 4. The lowest BCUT2D eigenvalue weighted by molar-refractivity contribution is 0.521. The molecule has 142 valence electrons. The van der Waals surface area contributed by atoms with Crippen molar-refractivity contribution in [2.45, 2.75) is 11.8 Å². The molecule has 1 heterocycles. The van der Waals surface area contributed by atoms with Gasteiger partial charge in [-0.05, 0) is 55.0 Å². The molecule has 0 aliphatic carbocycles. The third-order valence-electron chi connectivity index (χ3n) is 4.01. The number of H-pyrrole nitrogens is 2. The molecule has 0 saturated heterocycles. The summed E-state index contributed by atoms with van der Waals surface area (Å²) in [5.74, 6) is 0. The second kappa shape index (κ2) is 7.14. The molecule has 0 spiro atoms. The van der Waals surface area contributed by atoms with Crippen LogP contribution in [0.5, 0.6) is 0 Å². The van der Waals surface area contributed by atoms with Crippen LogP contribution in [0.4, 0.5) is 11.4 Å². The first kappa shape index (κ1) is 19.1. The second-order valence-corrected chi connectivity index (χ2v) is 8.74. The number of fused-ring (bicyclic) bond motifs is 1. The van der Waals surface area contributed by atoms with Crippen LogP contribution in [-0.2, 0) is 10.0 Å². The Morgan fingerprint density at radius 2 is 1.74 bits per heavy atom. The zero-order valence-corrected chi connectivity index (χ0v) is 16.6. The zero-order chi connectivity index (χ0) is 19.8. The first-order chi connectivity index (χ1) is 12.7. The fraction of sp³-hybridized carbons (Fsp3) is 0.176. The predicted octanol–water partition coefficient (Wildman–Crippen LogP) is 2.22. The number of aryl methyl sites for hydroxylation is 1. The van der Waals surface area contributed by atoms with Gasteiger partial charge in [-0.1, -0.05) is 6.07 Å². The van der Waals surface area contributed by atoms with Crippen molar-refractivity contribution < 1.29 is 8.42 Å². The SMILES string of the molecule is Cc1ccc(S(=O)(=O)N(C)C)cc1NC(=S)Nc1ccc2[nH]c(=O)[nH]c2c1. The first-order valence-corrected chi connectivity index (χ1v) is 9.85. The molecule has 0 unspecified atom stereocenters. The minimum Gasteiger partial charge on any atom is -0.332 e. The van der Waals surface area contributed by atoms with Crippen LogP contribution in [0.25, 0.3) is 11.0 Å². The summed E-state index contributed by atoms with van der Waals surface area (Å²) in [7, 11) is -0.576. The fourth-order valence-electron chi connectivity index (χ4n) is 2.50. The molecule has 0 aliphatic rings. The van der Waals surface area contributed by atoms with Crippen LogP contribution < -0.4 is 16.3 Å². The van der Waals surface area contributed by atoms with Gasteiger partial charge in [0, 0.05) is 25.5 Å². The molecule has 8 nitrogen and oxygen atoms in total. The van der Waals surface area contributed by atoms with Crippen molar-refractivity contribution >= 4 is 49.8 Å².